The quantitative estimate of drug-likeness (QED) is 0.213. The van der Waals surface area contributed by atoms with Crippen molar-refractivity contribution in [3.05, 3.63) is 0 Å². The van der Waals surface area contributed by atoms with Gasteiger partial charge in [0.15, 0.2) is 0 Å². The molecule has 0 saturated heterocycles. The van der Waals surface area contributed by atoms with E-state index in [1.165, 1.54) is 0 Å². The first kappa shape index (κ1) is 38.4. The zero-order chi connectivity index (χ0) is 24.3. The maximum Gasteiger partial charge on any atom is 0.304 e. The van der Waals surface area contributed by atoms with E-state index in [0.29, 0.717) is 23.0 Å². The Bertz CT molecular complexity index is 369. The van der Waals surface area contributed by atoms with Gasteiger partial charge in [-0.1, -0.05) is 6.92 Å². The normalized spacial score (nSPS) is 8.03. The van der Waals surface area contributed by atoms with Crippen LogP contribution in [0.4, 0.5) is 0 Å². The lowest BCUT2D eigenvalue weighted by molar-refractivity contribution is -0.137. The molecule has 0 spiro atoms. The van der Waals surface area contributed by atoms with Crippen LogP contribution in [0.25, 0.3) is 0 Å². The van der Waals surface area contributed by atoms with Crippen LogP contribution in [-0.4, -0.2) is 78.4 Å². The van der Waals surface area contributed by atoms with Crippen LogP contribution in [0.1, 0.15) is 39.0 Å². The lowest BCUT2D eigenvalue weighted by atomic mass is 10.5. The van der Waals surface area contributed by atoms with Crippen molar-refractivity contribution in [3.8, 4) is 0 Å². The summed E-state index contributed by atoms with van der Waals surface area (Å²) in [6.45, 7) is 1.60. The van der Waals surface area contributed by atoms with Gasteiger partial charge in [0.25, 0.3) is 0 Å². The molecule has 0 aromatic carbocycles. The molecule has 0 radical (unpaired) electrons. The molecular formula is C15H30O10S4. The van der Waals surface area contributed by atoms with E-state index >= 15 is 0 Å². The SMILES string of the molecule is CCC(=O)O.O=C(O)CCS.O=C(O)CCS.O=C(O)CCS.O=C(O)CCS. The van der Waals surface area contributed by atoms with Gasteiger partial charge in [0.1, 0.15) is 0 Å². The molecule has 0 aromatic rings. The highest BCUT2D eigenvalue weighted by atomic mass is 32.1. The Morgan fingerprint density at radius 1 is 0.483 bits per heavy atom. The number of carbonyl (C=O) groups is 5. The van der Waals surface area contributed by atoms with E-state index in [0.717, 1.165) is 0 Å². The number of hydrogen-bond donors (Lipinski definition) is 9. The third kappa shape index (κ3) is 101. The Labute approximate surface area is 191 Å². The molecular weight excluding hydrogens is 468 g/mol. The largest absolute Gasteiger partial charge is 0.481 e. The van der Waals surface area contributed by atoms with Crippen molar-refractivity contribution in [2.45, 2.75) is 39.0 Å². The highest BCUT2D eigenvalue weighted by Gasteiger charge is 1.89. The van der Waals surface area contributed by atoms with E-state index in [1.807, 2.05) is 0 Å². The second kappa shape index (κ2) is 34.3. The molecule has 174 valence electrons. The maximum atomic E-state index is 9.55. The Hall–Kier alpha value is -1.25. The molecule has 0 unspecified atom stereocenters. The zero-order valence-corrected chi connectivity index (χ0v) is 19.5. The summed E-state index contributed by atoms with van der Waals surface area (Å²) in [5, 5.41) is 39.2. The van der Waals surface area contributed by atoms with E-state index in [9.17, 15) is 24.0 Å². The molecule has 0 amide bonds. The predicted molar refractivity (Wildman–Crippen MR) is 122 cm³/mol. The maximum absolute atomic E-state index is 9.55. The smallest absolute Gasteiger partial charge is 0.304 e. The van der Waals surface area contributed by atoms with Crippen molar-refractivity contribution in [1.82, 2.24) is 0 Å². The Morgan fingerprint density at radius 3 is 0.621 bits per heavy atom. The van der Waals surface area contributed by atoms with Gasteiger partial charge >= 0.3 is 29.8 Å². The van der Waals surface area contributed by atoms with Gasteiger partial charge in [0.2, 0.25) is 0 Å². The second-order valence-corrected chi connectivity index (χ2v) is 6.01. The minimum Gasteiger partial charge on any atom is -0.481 e. The van der Waals surface area contributed by atoms with Crippen LogP contribution in [0.15, 0.2) is 0 Å². The Kier molecular flexibility index (Phi) is 45.3. The first-order valence-corrected chi connectivity index (χ1v) is 10.4. The highest BCUT2D eigenvalue weighted by Crippen LogP contribution is 1.81. The minimum absolute atomic E-state index is 0.156. The zero-order valence-electron chi connectivity index (χ0n) is 15.9. The lowest BCUT2D eigenvalue weighted by Crippen LogP contribution is -1.93. The first-order chi connectivity index (χ1) is 13.4. The summed E-state index contributed by atoms with van der Waals surface area (Å²) in [6.07, 6.45) is 0.846. The Balaban J connectivity index is -0.0000000829. The fraction of sp³-hybridized carbons (Fsp3) is 0.667. The van der Waals surface area contributed by atoms with Gasteiger partial charge in [-0.25, -0.2) is 0 Å². The standard InChI is InChI=1S/4C3H6O2S.C3H6O2/c4*4-3(5)1-2-6;1-2-3(4)5/h4*6H,1-2H2,(H,4,5);2H2,1H3,(H,4,5). The van der Waals surface area contributed by atoms with Gasteiger partial charge < -0.3 is 25.5 Å². The number of aliphatic carboxylic acids is 5. The van der Waals surface area contributed by atoms with Crippen LogP contribution < -0.4 is 0 Å². The average molecular weight is 499 g/mol. The predicted octanol–water partition coefficient (Wildman–Crippen LogP) is 2.04. The number of rotatable bonds is 9. The number of carboxylic acids is 5. The monoisotopic (exact) mass is 498 g/mol. The van der Waals surface area contributed by atoms with Crippen molar-refractivity contribution in [1.29, 1.82) is 0 Å². The summed E-state index contributed by atoms with van der Waals surface area (Å²) in [7, 11) is 0. The van der Waals surface area contributed by atoms with Crippen LogP contribution in [0.3, 0.4) is 0 Å². The van der Waals surface area contributed by atoms with Crippen LogP contribution in [0.5, 0.6) is 0 Å². The van der Waals surface area contributed by atoms with E-state index in [4.69, 9.17) is 25.5 Å². The molecule has 0 aromatic heterocycles. The molecule has 29 heavy (non-hydrogen) atoms. The van der Waals surface area contributed by atoms with Gasteiger partial charge in [-0.05, 0) is 0 Å². The molecule has 0 saturated carbocycles. The average Bonchev–Trinajstić information content (AvgIpc) is 2.56. The molecule has 5 N–H and O–H groups in total. The van der Waals surface area contributed by atoms with Crippen LogP contribution >= 0.6 is 50.5 Å². The highest BCUT2D eigenvalue weighted by molar-refractivity contribution is 7.80. The summed E-state index contributed by atoms with van der Waals surface area (Å²) in [6, 6.07) is 0. The van der Waals surface area contributed by atoms with Crippen molar-refractivity contribution < 1.29 is 49.5 Å². The third-order valence-electron chi connectivity index (χ3n) is 1.61. The van der Waals surface area contributed by atoms with Gasteiger partial charge in [-0.15, -0.1) is 0 Å². The van der Waals surface area contributed by atoms with E-state index < -0.39 is 29.8 Å². The van der Waals surface area contributed by atoms with Gasteiger partial charge in [0.05, 0.1) is 25.7 Å². The van der Waals surface area contributed by atoms with E-state index in [-0.39, 0.29) is 32.1 Å². The molecule has 0 aliphatic heterocycles. The van der Waals surface area contributed by atoms with E-state index in [1.54, 1.807) is 6.92 Å². The molecule has 0 aliphatic carbocycles. The minimum atomic E-state index is -0.787. The summed E-state index contributed by atoms with van der Waals surface area (Å²) in [4.78, 5) is 47.6. The van der Waals surface area contributed by atoms with Crippen LogP contribution in [0.2, 0.25) is 0 Å². The summed E-state index contributed by atoms with van der Waals surface area (Å²) < 4.78 is 0. The fourth-order valence-corrected chi connectivity index (χ4v) is 1.15. The van der Waals surface area contributed by atoms with Crippen molar-refractivity contribution >= 4 is 80.4 Å². The summed E-state index contributed by atoms with van der Waals surface area (Å²) in [5.74, 6) is -2.19. The van der Waals surface area contributed by atoms with Crippen LogP contribution in [0, 0.1) is 0 Å². The topological polar surface area (TPSA) is 186 Å². The van der Waals surface area contributed by atoms with Crippen molar-refractivity contribution in [2.75, 3.05) is 23.0 Å². The van der Waals surface area contributed by atoms with Gasteiger partial charge in [0, 0.05) is 29.4 Å². The molecule has 10 nitrogen and oxygen atoms in total. The second-order valence-electron chi connectivity index (χ2n) is 4.22. The summed E-state index contributed by atoms with van der Waals surface area (Å²) >= 11 is 14.7. The van der Waals surface area contributed by atoms with Crippen LogP contribution in [-0.2, 0) is 24.0 Å². The molecule has 0 rings (SSSR count). The Morgan fingerprint density at radius 2 is 0.621 bits per heavy atom. The van der Waals surface area contributed by atoms with Gasteiger partial charge in [-0.2, -0.15) is 50.5 Å². The lowest BCUT2D eigenvalue weighted by Gasteiger charge is -1.79. The first-order valence-electron chi connectivity index (χ1n) is 7.88. The molecule has 0 heterocycles. The van der Waals surface area contributed by atoms with Crippen molar-refractivity contribution in [3.63, 3.8) is 0 Å². The number of thiol groups is 4. The van der Waals surface area contributed by atoms with E-state index in [2.05, 4.69) is 50.5 Å². The molecule has 0 aliphatic rings. The molecule has 0 atom stereocenters. The molecule has 14 heteroatoms. The number of carboxylic acid groups (broad SMARTS) is 5. The molecule has 0 bridgehead atoms. The molecule has 0 fully saturated rings. The van der Waals surface area contributed by atoms with Crippen molar-refractivity contribution in [2.24, 2.45) is 0 Å². The number of hydrogen-bond acceptors (Lipinski definition) is 9. The third-order valence-corrected chi connectivity index (χ3v) is 2.50. The fourth-order valence-electron chi connectivity index (χ4n) is 0.383. The van der Waals surface area contributed by atoms with Gasteiger partial charge in [-0.3, -0.25) is 24.0 Å². The summed E-state index contributed by atoms with van der Waals surface area (Å²) in [5.41, 5.74) is 0.